The highest BCUT2D eigenvalue weighted by Crippen LogP contribution is 2.23. The van der Waals surface area contributed by atoms with Gasteiger partial charge in [-0.05, 0) is 6.42 Å². The van der Waals surface area contributed by atoms with Crippen LogP contribution in [-0.4, -0.2) is 35.9 Å². The van der Waals surface area contributed by atoms with Crippen LogP contribution in [0.3, 0.4) is 0 Å². The number of ether oxygens (including phenoxy) is 2. The second kappa shape index (κ2) is 4.95. The number of carboxylic acids is 1. The third-order valence-electron chi connectivity index (χ3n) is 1.96. The van der Waals surface area contributed by atoms with E-state index >= 15 is 0 Å². The number of carboxylic acid groups (broad SMARTS) is 1. The molecule has 0 spiro atoms. The first-order valence-electron chi connectivity index (χ1n) is 4.71. The van der Waals surface area contributed by atoms with Crippen molar-refractivity contribution in [1.29, 1.82) is 0 Å². The number of esters is 1. The van der Waals surface area contributed by atoms with Crippen molar-refractivity contribution in [3.8, 4) is 0 Å². The molecule has 2 unspecified atom stereocenters. The molecule has 0 aliphatic carbocycles. The van der Waals surface area contributed by atoms with Gasteiger partial charge in [-0.3, -0.25) is 0 Å². The Hall–Kier alpha value is -1.10. The molecule has 5 heteroatoms. The zero-order valence-electron chi connectivity index (χ0n) is 8.06. The van der Waals surface area contributed by atoms with Crippen molar-refractivity contribution in [1.82, 2.24) is 0 Å². The van der Waals surface area contributed by atoms with Crippen molar-refractivity contribution in [2.75, 3.05) is 6.61 Å². The molecule has 2 atom stereocenters. The smallest absolute Gasteiger partial charge is 0.338 e. The van der Waals surface area contributed by atoms with E-state index in [2.05, 4.69) is 4.74 Å². The molecule has 5 nitrogen and oxygen atoms in total. The largest absolute Gasteiger partial charge is 0.479 e. The third-order valence-corrected chi connectivity index (χ3v) is 1.96. The Bertz CT molecular complexity index is 225. The van der Waals surface area contributed by atoms with Crippen molar-refractivity contribution < 1.29 is 24.2 Å². The van der Waals surface area contributed by atoms with E-state index in [1.165, 1.54) is 0 Å². The second-order valence-electron chi connectivity index (χ2n) is 3.19. The van der Waals surface area contributed by atoms with E-state index in [0.717, 1.165) is 19.3 Å². The lowest BCUT2D eigenvalue weighted by Gasteiger charge is -2.00. The van der Waals surface area contributed by atoms with Gasteiger partial charge in [-0.25, -0.2) is 9.59 Å². The lowest BCUT2D eigenvalue weighted by atomic mass is 10.3. The first-order valence-corrected chi connectivity index (χ1v) is 4.71. The molecule has 0 aromatic rings. The molecule has 0 aromatic carbocycles. The van der Waals surface area contributed by atoms with Gasteiger partial charge < -0.3 is 14.6 Å². The Kier molecular flexibility index (Phi) is 3.88. The molecule has 0 amide bonds. The maximum atomic E-state index is 11.1. The summed E-state index contributed by atoms with van der Waals surface area (Å²) in [6.45, 7) is 2.39. The molecule has 1 N–H and O–H groups in total. The average Bonchev–Trinajstić information content (AvgIpc) is 2.91. The molecule has 0 aromatic heterocycles. The zero-order chi connectivity index (χ0) is 10.6. The van der Waals surface area contributed by atoms with Crippen molar-refractivity contribution in [2.24, 2.45) is 0 Å². The number of epoxide rings is 1. The van der Waals surface area contributed by atoms with Gasteiger partial charge in [0.1, 0.15) is 0 Å². The minimum absolute atomic E-state index is 0.346. The Morgan fingerprint density at radius 1 is 1.36 bits per heavy atom. The summed E-state index contributed by atoms with van der Waals surface area (Å²) >= 11 is 0. The molecule has 1 heterocycles. The second-order valence-corrected chi connectivity index (χ2v) is 3.19. The fraction of sp³-hybridized carbons (Fsp3) is 0.778. The molecular formula is C9H14O5. The van der Waals surface area contributed by atoms with Gasteiger partial charge >= 0.3 is 11.9 Å². The Labute approximate surface area is 82.0 Å². The normalized spacial score (nSPS) is 24.4. The van der Waals surface area contributed by atoms with Crippen LogP contribution in [0.1, 0.15) is 26.2 Å². The Morgan fingerprint density at radius 3 is 2.57 bits per heavy atom. The van der Waals surface area contributed by atoms with Crippen molar-refractivity contribution in [2.45, 2.75) is 38.4 Å². The fourth-order valence-corrected chi connectivity index (χ4v) is 1.09. The first kappa shape index (κ1) is 11.0. The van der Waals surface area contributed by atoms with E-state index in [-0.39, 0.29) is 0 Å². The van der Waals surface area contributed by atoms with Gasteiger partial charge in [0.15, 0.2) is 12.2 Å². The van der Waals surface area contributed by atoms with Crippen LogP contribution in [-0.2, 0) is 19.1 Å². The maximum absolute atomic E-state index is 11.1. The van der Waals surface area contributed by atoms with Crippen molar-refractivity contribution in [3.63, 3.8) is 0 Å². The predicted octanol–water partition coefficient (Wildman–Crippen LogP) is 0.572. The van der Waals surface area contributed by atoms with E-state index in [1.807, 2.05) is 6.92 Å². The summed E-state index contributed by atoms with van der Waals surface area (Å²) in [7, 11) is 0. The Morgan fingerprint density at radius 2 is 2.07 bits per heavy atom. The molecule has 0 saturated carbocycles. The molecular weight excluding hydrogens is 188 g/mol. The summed E-state index contributed by atoms with van der Waals surface area (Å²) in [5.74, 6) is -1.67. The molecule has 1 fully saturated rings. The number of unbranched alkanes of at least 4 members (excludes halogenated alkanes) is 2. The van der Waals surface area contributed by atoms with Gasteiger partial charge in [-0.1, -0.05) is 19.8 Å². The van der Waals surface area contributed by atoms with Crippen LogP contribution >= 0.6 is 0 Å². The number of carbonyl (C=O) groups is 2. The highest BCUT2D eigenvalue weighted by atomic mass is 16.7. The van der Waals surface area contributed by atoms with Crippen LogP contribution in [0.4, 0.5) is 0 Å². The number of hydrogen-bond donors (Lipinski definition) is 1. The third kappa shape index (κ3) is 2.99. The van der Waals surface area contributed by atoms with Gasteiger partial charge in [-0.2, -0.15) is 0 Å². The fourth-order valence-electron chi connectivity index (χ4n) is 1.09. The van der Waals surface area contributed by atoms with Crippen LogP contribution in [0.15, 0.2) is 0 Å². The van der Waals surface area contributed by atoms with E-state index in [9.17, 15) is 9.59 Å². The zero-order valence-corrected chi connectivity index (χ0v) is 8.06. The van der Waals surface area contributed by atoms with Crippen LogP contribution < -0.4 is 0 Å². The monoisotopic (exact) mass is 202 g/mol. The van der Waals surface area contributed by atoms with E-state index in [0.29, 0.717) is 6.61 Å². The van der Waals surface area contributed by atoms with Gasteiger partial charge in [-0.15, -0.1) is 0 Å². The molecule has 1 rings (SSSR count). The molecule has 0 bridgehead atoms. The lowest BCUT2D eigenvalue weighted by molar-refractivity contribution is -0.146. The van der Waals surface area contributed by atoms with Crippen LogP contribution in [0.25, 0.3) is 0 Å². The summed E-state index contributed by atoms with van der Waals surface area (Å²) in [5.41, 5.74) is 0. The first-order chi connectivity index (χ1) is 6.66. The summed E-state index contributed by atoms with van der Waals surface area (Å²) in [4.78, 5) is 21.4. The van der Waals surface area contributed by atoms with Gasteiger partial charge in [0.2, 0.25) is 0 Å². The molecule has 1 saturated heterocycles. The molecule has 1 aliphatic heterocycles. The highest BCUT2D eigenvalue weighted by Gasteiger charge is 2.51. The maximum Gasteiger partial charge on any atom is 0.338 e. The quantitative estimate of drug-likeness (QED) is 0.387. The van der Waals surface area contributed by atoms with E-state index < -0.39 is 24.1 Å². The molecule has 14 heavy (non-hydrogen) atoms. The Balaban J connectivity index is 2.09. The minimum Gasteiger partial charge on any atom is -0.479 e. The highest BCUT2D eigenvalue weighted by molar-refractivity contribution is 5.88. The summed E-state index contributed by atoms with van der Waals surface area (Å²) in [6, 6.07) is 0. The topological polar surface area (TPSA) is 76.1 Å². The molecule has 80 valence electrons. The van der Waals surface area contributed by atoms with E-state index in [4.69, 9.17) is 9.84 Å². The van der Waals surface area contributed by atoms with Crippen LogP contribution in [0.5, 0.6) is 0 Å². The summed E-state index contributed by atoms with van der Waals surface area (Å²) < 4.78 is 9.44. The SMILES string of the molecule is CCCCCOC(=O)C1OC1C(=O)O. The number of hydrogen-bond acceptors (Lipinski definition) is 4. The van der Waals surface area contributed by atoms with Gasteiger partial charge in [0.25, 0.3) is 0 Å². The van der Waals surface area contributed by atoms with Crippen LogP contribution in [0.2, 0.25) is 0 Å². The number of carbonyl (C=O) groups excluding carboxylic acids is 1. The summed E-state index contributed by atoms with van der Waals surface area (Å²) in [6.07, 6.45) is 0.992. The minimum atomic E-state index is -1.11. The molecule has 1 aliphatic rings. The van der Waals surface area contributed by atoms with Crippen molar-refractivity contribution in [3.05, 3.63) is 0 Å². The number of aliphatic carboxylic acids is 1. The molecule has 0 radical (unpaired) electrons. The average molecular weight is 202 g/mol. The van der Waals surface area contributed by atoms with Gasteiger partial charge in [0, 0.05) is 0 Å². The lowest BCUT2D eigenvalue weighted by Crippen LogP contribution is -2.18. The standard InChI is InChI=1S/C9H14O5/c1-2-3-4-5-13-9(12)7-6(14-7)8(10)11/h6-7H,2-5H2,1H3,(H,10,11). The summed E-state index contributed by atoms with van der Waals surface area (Å²) in [5, 5.41) is 8.45. The van der Waals surface area contributed by atoms with Gasteiger partial charge in [0.05, 0.1) is 6.61 Å². The predicted molar refractivity (Wildman–Crippen MR) is 46.8 cm³/mol. The van der Waals surface area contributed by atoms with E-state index in [1.54, 1.807) is 0 Å². The number of rotatable bonds is 6. The van der Waals surface area contributed by atoms with Crippen LogP contribution in [0, 0.1) is 0 Å². The van der Waals surface area contributed by atoms with Crippen molar-refractivity contribution >= 4 is 11.9 Å².